The van der Waals surface area contributed by atoms with E-state index >= 15 is 0 Å². The van der Waals surface area contributed by atoms with Crippen molar-refractivity contribution >= 4 is 23.4 Å². The Morgan fingerprint density at radius 3 is 2.52 bits per heavy atom. The van der Waals surface area contributed by atoms with Crippen LogP contribution in [0.5, 0.6) is 0 Å². The van der Waals surface area contributed by atoms with Gasteiger partial charge >= 0.3 is 0 Å². The van der Waals surface area contributed by atoms with Gasteiger partial charge in [0.1, 0.15) is 0 Å². The van der Waals surface area contributed by atoms with Crippen LogP contribution in [0, 0.1) is 5.21 Å². The molecule has 1 aliphatic rings. The molecule has 0 atom stereocenters. The lowest BCUT2D eigenvalue weighted by Crippen LogP contribution is -2.25. The molecular weight excluding hydrogens is 274 g/mol. The summed E-state index contributed by atoms with van der Waals surface area (Å²) in [7, 11) is 0. The van der Waals surface area contributed by atoms with Crippen LogP contribution in [0.1, 0.15) is 31.1 Å². The van der Waals surface area contributed by atoms with Crippen molar-refractivity contribution < 1.29 is 19.1 Å². The summed E-state index contributed by atoms with van der Waals surface area (Å²) >= 11 is 0. The summed E-state index contributed by atoms with van der Waals surface area (Å²) in [5.41, 5.74) is 0.887. The SMILES string of the molecule is O=C(Nc1cccc2c1C(=O)NC2=O)c1cc[n+]([O-])cc1. The second-order valence-corrected chi connectivity index (χ2v) is 4.41. The highest BCUT2D eigenvalue weighted by molar-refractivity contribution is 6.24. The lowest BCUT2D eigenvalue weighted by molar-refractivity contribution is -0.605. The fraction of sp³-hybridized carbons (Fsp3) is 0. The number of aromatic nitrogens is 1. The van der Waals surface area contributed by atoms with Crippen molar-refractivity contribution in [2.24, 2.45) is 0 Å². The molecule has 7 heteroatoms. The molecular formula is C14H9N3O4. The maximum absolute atomic E-state index is 12.1. The first kappa shape index (κ1) is 12.8. The second-order valence-electron chi connectivity index (χ2n) is 4.41. The van der Waals surface area contributed by atoms with Crippen molar-refractivity contribution in [1.82, 2.24) is 5.32 Å². The number of nitrogens with one attached hydrogen (secondary N) is 2. The standard InChI is InChI=1S/C14H9N3O4/c18-12(8-4-6-17(21)7-5-8)15-10-3-1-2-9-11(10)14(20)16-13(9)19/h1-7H,(H,15,18)(H,16,19,20). The Hall–Kier alpha value is -3.22. The summed E-state index contributed by atoms with van der Waals surface area (Å²) < 4.78 is 0.559. The predicted octanol–water partition coefficient (Wildman–Crippen LogP) is 0.456. The van der Waals surface area contributed by atoms with Gasteiger partial charge in [0.15, 0.2) is 12.4 Å². The van der Waals surface area contributed by atoms with Gasteiger partial charge in [-0.25, -0.2) is 0 Å². The number of benzene rings is 1. The molecule has 1 aromatic heterocycles. The Kier molecular flexibility index (Phi) is 2.87. The number of pyridine rings is 1. The van der Waals surface area contributed by atoms with E-state index in [1.54, 1.807) is 6.07 Å². The summed E-state index contributed by atoms with van der Waals surface area (Å²) in [6, 6.07) is 7.33. The Labute approximate surface area is 118 Å². The highest BCUT2D eigenvalue weighted by Gasteiger charge is 2.29. The maximum atomic E-state index is 12.1. The van der Waals surface area contributed by atoms with Crippen LogP contribution in [0.25, 0.3) is 0 Å². The normalized spacial score (nSPS) is 12.8. The van der Waals surface area contributed by atoms with Gasteiger partial charge in [-0.05, 0) is 12.1 Å². The largest absolute Gasteiger partial charge is 0.619 e. The quantitative estimate of drug-likeness (QED) is 0.474. The predicted molar refractivity (Wildman–Crippen MR) is 71.6 cm³/mol. The van der Waals surface area contributed by atoms with E-state index in [9.17, 15) is 19.6 Å². The van der Waals surface area contributed by atoms with Crippen molar-refractivity contribution in [3.63, 3.8) is 0 Å². The van der Waals surface area contributed by atoms with Crippen LogP contribution in [0.4, 0.5) is 5.69 Å². The molecule has 104 valence electrons. The van der Waals surface area contributed by atoms with Crippen LogP contribution >= 0.6 is 0 Å². The van der Waals surface area contributed by atoms with Gasteiger partial charge in [0.25, 0.3) is 17.7 Å². The van der Waals surface area contributed by atoms with Gasteiger partial charge in [0, 0.05) is 12.1 Å². The van der Waals surface area contributed by atoms with E-state index in [1.165, 1.54) is 36.7 Å². The Bertz CT molecular complexity index is 768. The van der Waals surface area contributed by atoms with E-state index in [-0.39, 0.29) is 22.4 Å². The average Bonchev–Trinajstić information content (AvgIpc) is 2.76. The molecule has 2 aromatic rings. The molecule has 1 aromatic carbocycles. The zero-order valence-corrected chi connectivity index (χ0v) is 10.6. The van der Waals surface area contributed by atoms with E-state index < -0.39 is 17.7 Å². The minimum atomic E-state index is -0.545. The molecule has 2 heterocycles. The van der Waals surface area contributed by atoms with Gasteiger partial charge in [-0.1, -0.05) is 6.07 Å². The molecule has 3 rings (SSSR count). The third kappa shape index (κ3) is 2.20. The van der Waals surface area contributed by atoms with Crippen molar-refractivity contribution in [3.05, 3.63) is 64.6 Å². The minimum Gasteiger partial charge on any atom is -0.619 e. The number of nitrogens with zero attached hydrogens (tertiary/aromatic N) is 1. The van der Waals surface area contributed by atoms with Crippen LogP contribution in [0.3, 0.4) is 0 Å². The lowest BCUT2D eigenvalue weighted by atomic mass is 10.1. The molecule has 0 saturated carbocycles. The summed E-state index contributed by atoms with van der Waals surface area (Å²) in [4.78, 5) is 35.3. The number of carbonyl (C=O) groups is 3. The zero-order chi connectivity index (χ0) is 15.0. The van der Waals surface area contributed by atoms with Crippen molar-refractivity contribution in [3.8, 4) is 0 Å². The first-order valence-corrected chi connectivity index (χ1v) is 6.05. The molecule has 21 heavy (non-hydrogen) atoms. The van der Waals surface area contributed by atoms with E-state index in [1.807, 2.05) is 0 Å². The summed E-state index contributed by atoms with van der Waals surface area (Å²) in [5.74, 6) is -1.51. The topological polar surface area (TPSA) is 102 Å². The number of carbonyl (C=O) groups excluding carboxylic acids is 3. The fourth-order valence-corrected chi connectivity index (χ4v) is 2.08. The smallest absolute Gasteiger partial charge is 0.261 e. The Morgan fingerprint density at radius 2 is 1.81 bits per heavy atom. The number of rotatable bonds is 2. The fourth-order valence-electron chi connectivity index (χ4n) is 2.08. The third-order valence-corrected chi connectivity index (χ3v) is 3.08. The van der Waals surface area contributed by atoms with Crippen LogP contribution in [-0.4, -0.2) is 17.7 Å². The zero-order valence-electron chi connectivity index (χ0n) is 10.6. The number of imide groups is 1. The summed E-state index contributed by atoms with van der Waals surface area (Å²) in [6.45, 7) is 0. The van der Waals surface area contributed by atoms with Gasteiger partial charge in [-0.3, -0.25) is 19.7 Å². The lowest BCUT2D eigenvalue weighted by Gasteiger charge is -2.08. The molecule has 0 radical (unpaired) electrons. The van der Waals surface area contributed by atoms with Gasteiger partial charge in [0.2, 0.25) is 0 Å². The van der Waals surface area contributed by atoms with E-state index in [0.717, 1.165) is 0 Å². The molecule has 2 N–H and O–H groups in total. The van der Waals surface area contributed by atoms with E-state index in [0.29, 0.717) is 4.73 Å². The Morgan fingerprint density at radius 1 is 1.10 bits per heavy atom. The van der Waals surface area contributed by atoms with Crippen molar-refractivity contribution in [1.29, 1.82) is 0 Å². The molecule has 0 unspecified atom stereocenters. The molecule has 1 aliphatic heterocycles. The highest BCUT2D eigenvalue weighted by Crippen LogP contribution is 2.24. The number of anilines is 1. The van der Waals surface area contributed by atoms with Gasteiger partial charge < -0.3 is 10.5 Å². The number of hydrogen-bond donors (Lipinski definition) is 2. The number of amides is 3. The Balaban J connectivity index is 1.93. The van der Waals surface area contributed by atoms with Gasteiger partial charge in [-0.15, -0.1) is 0 Å². The van der Waals surface area contributed by atoms with Crippen LogP contribution in [-0.2, 0) is 0 Å². The molecule has 7 nitrogen and oxygen atoms in total. The monoisotopic (exact) mass is 283 g/mol. The van der Waals surface area contributed by atoms with E-state index in [4.69, 9.17) is 0 Å². The first-order chi connectivity index (χ1) is 10.1. The maximum Gasteiger partial charge on any atom is 0.261 e. The summed E-state index contributed by atoms with van der Waals surface area (Å²) in [6.07, 6.45) is 2.39. The molecule has 0 spiro atoms. The molecule has 0 bridgehead atoms. The van der Waals surface area contributed by atoms with Crippen molar-refractivity contribution in [2.75, 3.05) is 5.32 Å². The number of fused-ring (bicyclic) bond motifs is 1. The molecule has 0 aliphatic carbocycles. The molecule has 0 saturated heterocycles. The third-order valence-electron chi connectivity index (χ3n) is 3.08. The highest BCUT2D eigenvalue weighted by atomic mass is 16.5. The molecule has 3 amide bonds. The van der Waals surface area contributed by atoms with Crippen LogP contribution in [0.2, 0.25) is 0 Å². The van der Waals surface area contributed by atoms with Crippen LogP contribution in [0.15, 0.2) is 42.7 Å². The van der Waals surface area contributed by atoms with Gasteiger partial charge in [0.05, 0.1) is 22.4 Å². The number of hydrogen-bond acceptors (Lipinski definition) is 4. The second kappa shape index (κ2) is 4.71. The van der Waals surface area contributed by atoms with E-state index in [2.05, 4.69) is 10.6 Å². The average molecular weight is 283 g/mol. The van der Waals surface area contributed by atoms with Gasteiger partial charge in [-0.2, -0.15) is 4.73 Å². The first-order valence-electron chi connectivity index (χ1n) is 6.05. The minimum absolute atomic E-state index is 0.144. The summed E-state index contributed by atoms with van der Waals surface area (Å²) in [5, 5.41) is 15.7. The van der Waals surface area contributed by atoms with Crippen molar-refractivity contribution in [2.45, 2.75) is 0 Å². The molecule has 0 fully saturated rings. The van der Waals surface area contributed by atoms with Crippen LogP contribution < -0.4 is 15.4 Å².